The molecule has 0 saturated carbocycles. The zero-order valence-corrected chi connectivity index (χ0v) is 80.4. The molecule has 0 aliphatic carbocycles. The SMILES string of the molecule is CC(C)[C@H](NC(=O)[C@H](C)NC(=O)[C@H](Cc1ccccc1)NC(=O)[C@H](Cc1cnc[nH]1)NC(=O)[C@H](Cc1ccccc1)NC(=O)[C@H](CC(=O)O)NC(=O)[C@H](CC(N)=O)NC(=O)[C@H](CC(N)=O)NC(=O)[C@@H]1CCCN1C(=O)[C@H](CCCCN)NC(=O)[C@H](CO)NC(=O)[C@@H]1CCCN1C(=O)[C@@H]1CCCN1C(=O)[C@@H](N)CCCCN)C(=O)N[C@@H](Cc1ccccc1)C(=O)N[C@@H](CC(N)=O)C(=O)N[C@@H](Cc1ccccc1)C(=O)O. The number of nitrogens with two attached hydrogens (primary N) is 6. The molecule has 0 unspecified atom stereocenters. The van der Waals surface area contributed by atoms with E-state index in [0.29, 0.717) is 73.7 Å². The first-order chi connectivity index (χ1) is 68.7. The Labute approximate surface area is 829 Å². The lowest BCUT2D eigenvalue weighted by Gasteiger charge is -2.33. The molecule has 4 heterocycles. The molecule has 4 aromatic carbocycles. The second kappa shape index (κ2) is 57.0. The Morgan fingerprint density at radius 2 is 0.715 bits per heavy atom. The van der Waals surface area contributed by atoms with Gasteiger partial charge in [0.25, 0.3) is 0 Å². The highest BCUT2D eigenvalue weighted by Crippen LogP contribution is 2.28. The highest BCUT2D eigenvalue weighted by molar-refractivity contribution is 6.03. The van der Waals surface area contributed by atoms with Gasteiger partial charge in [-0.15, -0.1) is 0 Å². The largest absolute Gasteiger partial charge is 0.481 e. The van der Waals surface area contributed by atoms with Crippen LogP contribution >= 0.6 is 0 Å². The van der Waals surface area contributed by atoms with Crippen molar-refractivity contribution in [2.75, 3.05) is 39.3 Å². The maximum atomic E-state index is 15.1. The summed E-state index contributed by atoms with van der Waals surface area (Å²) >= 11 is 0. The van der Waals surface area contributed by atoms with E-state index in [0.717, 1.165) is 4.90 Å². The molecular weight excluding hydrogens is 1870 g/mol. The van der Waals surface area contributed by atoms with Gasteiger partial charge >= 0.3 is 11.9 Å². The van der Waals surface area contributed by atoms with E-state index in [-0.39, 0.29) is 83.2 Å². The van der Waals surface area contributed by atoms with Gasteiger partial charge in [0.15, 0.2) is 0 Å². The number of unbranched alkanes of at least 4 members (excludes halogenated alkanes) is 2. The Morgan fingerprint density at radius 1 is 0.375 bits per heavy atom. The highest BCUT2D eigenvalue weighted by Gasteiger charge is 2.47. The lowest BCUT2D eigenvalue weighted by molar-refractivity contribution is -0.147. The highest BCUT2D eigenvalue weighted by atomic mass is 16.4. The zero-order valence-electron chi connectivity index (χ0n) is 80.4. The van der Waals surface area contributed by atoms with Crippen LogP contribution in [-0.4, -0.2) is 306 Å². The number of aromatic amines is 1. The van der Waals surface area contributed by atoms with Gasteiger partial charge in [-0.1, -0.05) is 142 Å². The number of aliphatic hydroxyl groups is 1. The van der Waals surface area contributed by atoms with Gasteiger partial charge in [0, 0.05) is 63.6 Å². The summed E-state index contributed by atoms with van der Waals surface area (Å²) in [4.78, 5) is 305. The summed E-state index contributed by atoms with van der Waals surface area (Å²) in [7, 11) is 0. The molecule has 144 heavy (non-hydrogen) atoms. The van der Waals surface area contributed by atoms with E-state index >= 15 is 9.59 Å². The molecule has 3 fully saturated rings. The van der Waals surface area contributed by atoms with Crippen LogP contribution in [0.2, 0.25) is 0 Å². The first-order valence-corrected chi connectivity index (χ1v) is 47.7. The summed E-state index contributed by atoms with van der Waals surface area (Å²) in [5.41, 5.74) is 36.5. The number of aliphatic hydroxyl groups excluding tert-OH is 1. The van der Waals surface area contributed by atoms with Gasteiger partial charge in [0.05, 0.1) is 44.7 Å². The molecule has 19 amide bonds. The number of benzene rings is 4. The van der Waals surface area contributed by atoms with Gasteiger partial charge in [-0.25, -0.2) is 9.78 Å². The van der Waals surface area contributed by atoms with Crippen LogP contribution in [0.1, 0.15) is 151 Å². The molecule has 48 nitrogen and oxygen atoms in total. The Morgan fingerprint density at radius 3 is 1.12 bits per heavy atom. The standard InChI is InChI=1S/C96H132N24O24/c1-53(2)79(92(139)114-64(43-57-27-12-6-13-28-57)83(130)110-67(47-76(101)123)87(134)115-70(96(143)144)44-58-29-14-7-15-30-58)117-80(127)54(3)105-81(128)62(41-55-23-8-4-9-24-55)107-84(131)65(45-59-50-103-52-104-59)109-82(129)63(42-56-25-10-5-11-26-56)108-88(135)69(49-78(125)126)112-85(132)66(46-75(100)122)111-86(133)68(48-77(102)124)113-90(137)72-33-20-38-118(72)94(141)61(32-17-19-37-98)106-89(136)71(51-121)116-91(138)73-34-21-39-119(73)95(142)74-35-22-40-120(74)93(140)60(99)31-16-18-36-97/h4-15,23-30,50,52-54,60-74,79,121H,16-22,31-49,51,97-99H2,1-3H3,(H2,100,122)(H2,101,123)(H2,102,124)(H,103,104)(H,105,128)(H,106,136)(H,107,131)(H,108,135)(H,109,129)(H,110,130)(H,111,133)(H,112,132)(H,113,137)(H,114,139)(H,115,134)(H,116,138)(H,117,127)(H,125,126)(H,143,144)/t54-,60-,61-,62-,63-,64-,65-,66-,67-,68-,69-,70-,71-,72-,73-,74-,79-/m0/s1. The van der Waals surface area contributed by atoms with Crippen molar-refractivity contribution in [1.29, 1.82) is 0 Å². The summed E-state index contributed by atoms with van der Waals surface area (Å²) in [6.07, 6.45) is 0.311. The molecule has 48 heteroatoms. The molecule has 1 aromatic heterocycles. The van der Waals surface area contributed by atoms with Crippen molar-refractivity contribution < 1.29 is 116 Å². The maximum absolute atomic E-state index is 15.1. The van der Waals surface area contributed by atoms with Gasteiger partial charge in [0.2, 0.25) is 112 Å². The van der Waals surface area contributed by atoms with Crippen molar-refractivity contribution in [3.05, 3.63) is 162 Å². The van der Waals surface area contributed by atoms with Crippen LogP contribution in [0.4, 0.5) is 0 Å². The number of aromatic nitrogens is 2. The summed E-state index contributed by atoms with van der Waals surface area (Å²) in [6.45, 7) is 4.22. The third kappa shape index (κ3) is 35.5. The predicted molar refractivity (Wildman–Crippen MR) is 515 cm³/mol. The van der Waals surface area contributed by atoms with E-state index in [1.807, 2.05) is 0 Å². The molecule has 8 rings (SSSR count). The summed E-state index contributed by atoms with van der Waals surface area (Å²) in [5, 5.41) is 63.0. The number of rotatable bonds is 58. The Balaban J connectivity index is 0.946. The minimum atomic E-state index is -2.21. The molecule has 0 radical (unpaired) electrons. The van der Waals surface area contributed by atoms with Crippen molar-refractivity contribution in [3.63, 3.8) is 0 Å². The number of carbonyl (C=O) groups is 21. The minimum Gasteiger partial charge on any atom is -0.481 e. The minimum absolute atomic E-state index is 0.0823. The normalized spacial score (nSPS) is 17.2. The number of nitrogens with zero attached hydrogens (tertiary/aromatic N) is 4. The van der Waals surface area contributed by atoms with Crippen molar-refractivity contribution in [3.8, 4) is 0 Å². The van der Waals surface area contributed by atoms with Crippen LogP contribution in [0.3, 0.4) is 0 Å². The summed E-state index contributed by atoms with van der Waals surface area (Å²) in [6, 6.07) is 5.67. The molecule has 780 valence electrons. The third-order valence-corrected chi connectivity index (χ3v) is 24.5. The number of nitrogens with one attached hydrogen (secondary N) is 14. The number of likely N-dealkylation sites (tertiary alicyclic amines) is 3. The quantitative estimate of drug-likeness (QED) is 0.0161. The molecule has 17 atom stereocenters. The first-order valence-electron chi connectivity index (χ1n) is 47.7. The zero-order chi connectivity index (χ0) is 105. The van der Waals surface area contributed by atoms with Gasteiger partial charge in [0.1, 0.15) is 96.7 Å². The lowest BCUT2D eigenvalue weighted by Crippen LogP contribution is -2.62. The molecule has 3 aliphatic rings. The Kier molecular flexibility index (Phi) is 45.2. The monoisotopic (exact) mass is 2000 g/mol. The maximum Gasteiger partial charge on any atom is 0.326 e. The fourth-order valence-electron chi connectivity index (χ4n) is 16.9. The van der Waals surface area contributed by atoms with E-state index in [1.54, 1.807) is 135 Å². The van der Waals surface area contributed by atoms with Crippen molar-refractivity contribution >= 4 is 124 Å². The van der Waals surface area contributed by atoms with Crippen molar-refractivity contribution in [2.45, 2.75) is 258 Å². The number of H-pyrrole nitrogens is 1. The van der Waals surface area contributed by atoms with Gasteiger partial charge in [-0.2, -0.15) is 0 Å². The second-order valence-corrected chi connectivity index (χ2v) is 36.0. The molecule has 5 aromatic rings. The number of aliphatic carboxylic acids is 2. The van der Waals surface area contributed by atoms with E-state index in [9.17, 15) is 106 Å². The third-order valence-electron chi connectivity index (χ3n) is 24.5. The van der Waals surface area contributed by atoms with Crippen LogP contribution in [-0.2, 0) is 133 Å². The predicted octanol–water partition coefficient (Wildman–Crippen LogP) is -6.36. The molecule has 3 saturated heterocycles. The number of imidazole rings is 1. The molecule has 0 bridgehead atoms. The van der Waals surface area contributed by atoms with E-state index in [1.165, 1.54) is 29.2 Å². The van der Waals surface area contributed by atoms with Crippen LogP contribution < -0.4 is 104 Å². The van der Waals surface area contributed by atoms with Crippen LogP contribution in [0.5, 0.6) is 0 Å². The molecular formula is C96H132N24O24. The molecule has 29 N–H and O–H groups in total. The Hall–Kier alpha value is -15.2. The van der Waals surface area contributed by atoms with E-state index in [2.05, 4.69) is 79.1 Å². The van der Waals surface area contributed by atoms with Crippen LogP contribution in [0.25, 0.3) is 0 Å². The molecule has 0 spiro atoms. The summed E-state index contributed by atoms with van der Waals surface area (Å²) in [5.74, 6) is -23.7. The smallest absolute Gasteiger partial charge is 0.326 e. The average molecular weight is 2010 g/mol. The van der Waals surface area contributed by atoms with Gasteiger partial charge < -0.3 is 139 Å². The number of carboxylic acids is 2. The van der Waals surface area contributed by atoms with Crippen LogP contribution in [0.15, 0.2) is 134 Å². The first kappa shape index (κ1) is 114. The molecule has 3 aliphatic heterocycles. The summed E-state index contributed by atoms with van der Waals surface area (Å²) < 4.78 is 0. The number of primary amides is 3. The van der Waals surface area contributed by atoms with Gasteiger partial charge in [-0.3, -0.25) is 95.9 Å². The van der Waals surface area contributed by atoms with E-state index < -0.39 is 278 Å². The number of hydrogen-bond acceptors (Lipinski definition) is 26. The lowest BCUT2D eigenvalue weighted by atomic mass is 10.00. The average Bonchev–Trinajstić information content (AvgIpc) is 1.65. The van der Waals surface area contributed by atoms with Crippen molar-refractivity contribution in [1.82, 2.24) is 93.8 Å². The van der Waals surface area contributed by atoms with E-state index in [4.69, 9.17) is 34.4 Å². The number of carbonyl (C=O) groups excluding carboxylic acids is 19. The number of amides is 19. The van der Waals surface area contributed by atoms with Gasteiger partial charge in [-0.05, 0) is 119 Å². The fraction of sp³-hybridized carbons (Fsp3) is 0.500. The fourth-order valence-corrected chi connectivity index (χ4v) is 16.9. The topological polar surface area (TPSA) is 770 Å². The van der Waals surface area contributed by atoms with Crippen molar-refractivity contribution in [2.24, 2.45) is 40.3 Å². The van der Waals surface area contributed by atoms with Crippen LogP contribution in [0, 0.1) is 5.92 Å². The Bertz CT molecular complexity index is 5280. The number of hydrogen-bond donors (Lipinski definition) is 23. The number of carboxylic acid groups (broad SMARTS) is 2. The second-order valence-electron chi connectivity index (χ2n) is 36.0.